The molecule has 0 spiro atoms. The fourth-order valence-corrected chi connectivity index (χ4v) is 1.98. The molecule has 1 amide bonds. The van der Waals surface area contributed by atoms with Gasteiger partial charge in [-0.15, -0.1) is 0 Å². The summed E-state index contributed by atoms with van der Waals surface area (Å²) >= 11 is 6.07. The van der Waals surface area contributed by atoms with Crippen molar-refractivity contribution in [3.05, 3.63) is 40.9 Å². The highest BCUT2D eigenvalue weighted by molar-refractivity contribution is 6.34. The van der Waals surface area contributed by atoms with E-state index in [2.05, 4.69) is 15.4 Å². The number of amides is 1. The fourth-order valence-electron chi connectivity index (χ4n) is 1.74. The van der Waals surface area contributed by atoms with Gasteiger partial charge in [0, 0.05) is 13.2 Å². The van der Waals surface area contributed by atoms with Crippen LogP contribution in [-0.4, -0.2) is 33.3 Å². The van der Waals surface area contributed by atoms with Gasteiger partial charge in [-0.25, -0.2) is 0 Å². The summed E-state index contributed by atoms with van der Waals surface area (Å²) in [5, 5.41) is 7.22. The molecule has 7 heteroatoms. The lowest BCUT2D eigenvalue weighted by atomic mass is 10.3. The number of carbonyl (C=O) groups is 1. The van der Waals surface area contributed by atoms with E-state index in [4.69, 9.17) is 16.3 Å². The molecular formula is C14H17ClN4O2. The van der Waals surface area contributed by atoms with Crippen LogP contribution in [0.1, 0.15) is 23.1 Å². The zero-order valence-corrected chi connectivity index (χ0v) is 12.9. The van der Waals surface area contributed by atoms with E-state index in [1.807, 2.05) is 13.0 Å². The molecule has 0 saturated heterocycles. The molecule has 2 aromatic rings. The summed E-state index contributed by atoms with van der Waals surface area (Å²) in [5.74, 6) is 0.344. The van der Waals surface area contributed by atoms with E-state index < -0.39 is 0 Å². The third kappa shape index (κ3) is 3.72. The van der Waals surface area contributed by atoms with Crippen molar-refractivity contribution in [2.75, 3.05) is 6.54 Å². The number of rotatable bonds is 5. The minimum atomic E-state index is -0.315. The second-order valence-corrected chi connectivity index (χ2v) is 5.08. The Morgan fingerprint density at radius 1 is 1.57 bits per heavy atom. The van der Waals surface area contributed by atoms with Gasteiger partial charge in [0.1, 0.15) is 11.9 Å². The lowest BCUT2D eigenvalue weighted by Crippen LogP contribution is -2.34. The van der Waals surface area contributed by atoms with Crippen LogP contribution in [0.3, 0.4) is 0 Å². The largest absolute Gasteiger partial charge is 0.487 e. The zero-order valence-electron chi connectivity index (χ0n) is 12.1. The van der Waals surface area contributed by atoms with Crippen LogP contribution in [-0.2, 0) is 7.05 Å². The molecule has 6 nitrogen and oxygen atoms in total. The van der Waals surface area contributed by atoms with Crippen LogP contribution in [0.25, 0.3) is 0 Å². The summed E-state index contributed by atoms with van der Waals surface area (Å²) < 4.78 is 7.20. The maximum atomic E-state index is 12.0. The molecule has 112 valence electrons. The molecule has 0 aliphatic heterocycles. The van der Waals surface area contributed by atoms with E-state index in [1.165, 1.54) is 0 Å². The summed E-state index contributed by atoms with van der Waals surface area (Å²) in [6.45, 7) is 4.01. The van der Waals surface area contributed by atoms with Gasteiger partial charge in [0.05, 0.1) is 23.5 Å². The average molecular weight is 309 g/mol. The number of aryl methyl sites for hydroxylation is 1. The average Bonchev–Trinajstić information content (AvgIpc) is 2.73. The van der Waals surface area contributed by atoms with Crippen LogP contribution in [0.4, 0.5) is 0 Å². The number of hydrogen-bond acceptors (Lipinski definition) is 4. The van der Waals surface area contributed by atoms with E-state index >= 15 is 0 Å². The summed E-state index contributed by atoms with van der Waals surface area (Å²) in [6.07, 6.45) is 3.10. The van der Waals surface area contributed by atoms with Gasteiger partial charge in [-0.3, -0.25) is 14.5 Å². The molecule has 1 atom stereocenters. The molecule has 2 rings (SSSR count). The minimum Gasteiger partial charge on any atom is -0.487 e. The molecule has 0 radical (unpaired) electrons. The predicted octanol–water partition coefficient (Wildman–Crippen LogP) is 1.97. The number of pyridine rings is 1. The Morgan fingerprint density at radius 3 is 2.90 bits per heavy atom. The van der Waals surface area contributed by atoms with Crippen LogP contribution in [0.15, 0.2) is 24.5 Å². The first kappa shape index (κ1) is 15.3. The quantitative estimate of drug-likeness (QED) is 0.917. The van der Waals surface area contributed by atoms with Gasteiger partial charge in [-0.05, 0) is 26.0 Å². The van der Waals surface area contributed by atoms with Crippen molar-refractivity contribution in [3.63, 3.8) is 0 Å². The van der Waals surface area contributed by atoms with Gasteiger partial charge >= 0.3 is 0 Å². The smallest absolute Gasteiger partial charge is 0.273 e. The first-order valence-corrected chi connectivity index (χ1v) is 6.90. The van der Waals surface area contributed by atoms with E-state index in [9.17, 15) is 4.79 Å². The van der Waals surface area contributed by atoms with Crippen molar-refractivity contribution in [2.45, 2.75) is 20.0 Å². The zero-order chi connectivity index (χ0) is 15.4. The molecule has 2 heterocycles. The molecule has 0 bridgehead atoms. The lowest BCUT2D eigenvalue weighted by molar-refractivity contribution is 0.0926. The Morgan fingerprint density at radius 2 is 2.33 bits per heavy atom. The van der Waals surface area contributed by atoms with Crippen LogP contribution in [0.2, 0.25) is 5.02 Å². The second-order valence-electron chi connectivity index (χ2n) is 4.70. The Bertz CT molecular complexity index is 627. The number of hydrogen-bond donors (Lipinski definition) is 1. The molecule has 0 aliphatic carbocycles. The Labute approximate surface area is 128 Å². The molecule has 21 heavy (non-hydrogen) atoms. The Kier molecular flexibility index (Phi) is 4.80. The van der Waals surface area contributed by atoms with Crippen molar-refractivity contribution in [2.24, 2.45) is 7.05 Å². The van der Waals surface area contributed by atoms with E-state index in [0.29, 0.717) is 17.3 Å². The van der Waals surface area contributed by atoms with E-state index in [-0.39, 0.29) is 17.7 Å². The Hall–Kier alpha value is -2.08. The summed E-state index contributed by atoms with van der Waals surface area (Å²) in [7, 11) is 1.74. The fraction of sp³-hybridized carbons (Fsp3) is 0.357. The highest BCUT2D eigenvalue weighted by Gasteiger charge is 2.18. The first-order valence-electron chi connectivity index (χ1n) is 6.53. The number of carbonyl (C=O) groups excluding carboxylic acids is 1. The van der Waals surface area contributed by atoms with Crippen LogP contribution < -0.4 is 10.1 Å². The standard InChI is InChI=1S/C14H17ClN4O2/c1-9(21-11-5-4-6-16-8-11)7-17-14(20)13-12(15)10(2)19(3)18-13/h4-6,8-9H,7H2,1-3H3,(H,17,20). The highest BCUT2D eigenvalue weighted by atomic mass is 35.5. The first-order chi connectivity index (χ1) is 9.99. The molecule has 0 aliphatic rings. The van der Waals surface area contributed by atoms with E-state index in [0.717, 1.165) is 5.69 Å². The summed E-state index contributed by atoms with van der Waals surface area (Å²) in [4.78, 5) is 16.0. The molecule has 1 N–H and O–H groups in total. The number of ether oxygens (including phenoxy) is 1. The SMILES string of the molecule is Cc1c(Cl)c(C(=O)NCC(C)Oc2cccnc2)nn1C. The molecule has 0 saturated carbocycles. The van der Waals surface area contributed by atoms with Crippen molar-refractivity contribution in [1.29, 1.82) is 0 Å². The highest BCUT2D eigenvalue weighted by Crippen LogP contribution is 2.18. The minimum absolute atomic E-state index is 0.193. The van der Waals surface area contributed by atoms with Gasteiger partial charge in [0.25, 0.3) is 5.91 Å². The van der Waals surface area contributed by atoms with Gasteiger partial charge in [-0.2, -0.15) is 5.10 Å². The van der Waals surface area contributed by atoms with Gasteiger partial charge < -0.3 is 10.1 Å². The monoisotopic (exact) mass is 308 g/mol. The number of halogens is 1. The number of nitrogens with zero attached hydrogens (tertiary/aromatic N) is 3. The normalized spacial score (nSPS) is 12.0. The third-order valence-corrected chi connectivity index (χ3v) is 3.45. The van der Waals surface area contributed by atoms with Crippen LogP contribution >= 0.6 is 11.6 Å². The number of aromatic nitrogens is 3. The number of nitrogens with one attached hydrogen (secondary N) is 1. The molecule has 1 unspecified atom stereocenters. The van der Waals surface area contributed by atoms with Crippen molar-refractivity contribution in [1.82, 2.24) is 20.1 Å². The van der Waals surface area contributed by atoms with Crippen molar-refractivity contribution < 1.29 is 9.53 Å². The summed E-state index contributed by atoms with van der Waals surface area (Å²) in [5.41, 5.74) is 0.978. The molecular weight excluding hydrogens is 292 g/mol. The topological polar surface area (TPSA) is 69.0 Å². The maximum absolute atomic E-state index is 12.0. The predicted molar refractivity (Wildman–Crippen MR) is 79.6 cm³/mol. The Balaban J connectivity index is 1.90. The van der Waals surface area contributed by atoms with Gasteiger partial charge in [-0.1, -0.05) is 11.6 Å². The molecule has 0 aromatic carbocycles. The molecule has 0 fully saturated rings. The second kappa shape index (κ2) is 6.58. The van der Waals surface area contributed by atoms with Gasteiger partial charge in [0.15, 0.2) is 5.69 Å². The lowest BCUT2D eigenvalue weighted by Gasteiger charge is -2.14. The van der Waals surface area contributed by atoms with Crippen LogP contribution in [0.5, 0.6) is 5.75 Å². The third-order valence-electron chi connectivity index (χ3n) is 3.00. The summed E-state index contributed by atoms with van der Waals surface area (Å²) in [6, 6.07) is 3.60. The van der Waals surface area contributed by atoms with E-state index in [1.54, 1.807) is 37.1 Å². The van der Waals surface area contributed by atoms with Crippen LogP contribution in [0, 0.1) is 6.92 Å². The van der Waals surface area contributed by atoms with Crippen molar-refractivity contribution >= 4 is 17.5 Å². The van der Waals surface area contributed by atoms with Crippen molar-refractivity contribution in [3.8, 4) is 5.75 Å². The van der Waals surface area contributed by atoms with Gasteiger partial charge in [0.2, 0.25) is 0 Å². The molecule has 2 aromatic heterocycles. The maximum Gasteiger partial charge on any atom is 0.273 e.